The molecule has 9 aromatic rings. The van der Waals surface area contributed by atoms with Gasteiger partial charge in [-0.1, -0.05) is 251 Å². The molecule has 3 atom stereocenters. The number of ether oxygens (including phenoxy) is 8. The maximum atomic E-state index is 15.9. The average molecular weight is 1640 g/mol. The van der Waals surface area contributed by atoms with Crippen molar-refractivity contribution in [2.45, 2.75) is 175 Å². The second-order valence-corrected chi connectivity index (χ2v) is 32.3. The first-order chi connectivity index (χ1) is 49.4. The van der Waals surface area contributed by atoms with Gasteiger partial charge in [-0.05, 0) is 113 Å². The number of hydrogen-bond donors (Lipinski definition) is 1. The third kappa shape index (κ3) is 28.8. The van der Waals surface area contributed by atoms with E-state index in [9.17, 15) is 0 Å². The van der Waals surface area contributed by atoms with Gasteiger partial charge in [0.15, 0.2) is 0 Å². The zero-order valence-corrected chi connectivity index (χ0v) is 76.9. The minimum atomic E-state index is -1.03. The van der Waals surface area contributed by atoms with Crippen LogP contribution < -0.4 is 79.8 Å². The molecule has 6 aromatic carbocycles. The Morgan fingerprint density at radius 3 is 1.07 bits per heavy atom. The zero-order valence-electron chi connectivity index (χ0n) is 70.3. The molecule has 17 nitrogen and oxygen atoms in total. The van der Waals surface area contributed by atoms with E-state index < -0.39 is 34.4 Å². The summed E-state index contributed by atoms with van der Waals surface area (Å²) in [5, 5.41) is 64.9. The number of benzene rings is 6. The van der Waals surface area contributed by atoms with Gasteiger partial charge in [-0.25, -0.2) is 0 Å². The molecule has 0 spiro atoms. The Labute approximate surface area is 724 Å². The summed E-state index contributed by atoms with van der Waals surface area (Å²) in [5.74, 6) is -0.357. The molecular formula is C88H121N6Na2O11Sm. The number of fused-ring (bicyclic) bond motifs is 3. The first-order valence-corrected chi connectivity index (χ1v) is 36.1. The average Bonchev–Trinajstić information content (AvgIpc) is 0.750. The third-order valence-corrected chi connectivity index (χ3v) is 17.7. The number of nitrogens with one attached hydrogen (secondary N) is 1. The van der Waals surface area contributed by atoms with Gasteiger partial charge in [-0.2, -0.15) is 0 Å². The minimum Gasteiger partial charge on any atom is -0.872 e. The van der Waals surface area contributed by atoms with Gasteiger partial charge < -0.3 is 69.2 Å². The maximum Gasteiger partial charge on any atom is 3.00 e. The normalized spacial score (nSPS) is 12.5. The molecule has 0 aliphatic heterocycles. The third-order valence-electron chi connectivity index (χ3n) is 17.7. The summed E-state index contributed by atoms with van der Waals surface area (Å²) >= 11 is 0. The maximum absolute atomic E-state index is 15.9. The molecule has 1 N–H and O–H groups in total. The first kappa shape index (κ1) is 99.4. The molecule has 0 saturated carbocycles. The molecule has 1 radical (unpaired) electrons. The number of aromatic nitrogens is 3. The molecule has 108 heavy (non-hydrogen) atoms. The standard InChI is InChI=1S/C72H84N6O3.4C4H10O2.2Na.Sm/c1-67(2,3)45-36-48(64(79)51(39-45)70(10,11)12)61(76-54-29-19-24-42-27-22-34-73-58(42)54)57-33-32-44-26-21-31-56(60(44)75-57)78-63(50-38-47(69(7,8)9)41-53(66(50)81)72(16,17)18)62(77-55-30-20-25-43-28-23-35-74-59(43)55)49-37-46(68(4,5)6)40-52(65(49)80)71(13,14)15;4*1-5-3-4-6-2;;;/h19-41,61-63,77,79-81H,1-18H3;4*3-4H2,1-2H3;;;/q-2;;;;;2*+1;+3/p-3. The predicted molar refractivity (Wildman–Crippen MR) is 427 cm³/mol. The van der Waals surface area contributed by atoms with Gasteiger partial charge in [0, 0.05) is 86.4 Å². The molecule has 0 amide bonds. The molecule has 577 valence electrons. The molecule has 0 fully saturated rings. The van der Waals surface area contributed by atoms with E-state index in [1.54, 1.807) is 69.3 Å². The molecule has 9 rings (SSSR count). The van der Waals surface area contributed by atoms with E-state index in [2.05, 4.69) is 186 Å². The van der Waals surface area contributed by atoms with Crippen LogP contribution in [-0.4, -0.2) is 125 Å². The van der Waals surface area contributed by atoms with Crippen LogP contribution in [0.15, 0.2) is 140 Å². The monoisotopic (exact) mass is 1640 g/mol. The number of pyridine rings is 3. The predicted octanol–water partition coefficient (Wildman–Crippen LogP) is 12.9. The Morgan fingerprint density at radius 2 is 0.685 bits per heavy atom. The molecule has 0 saturated heterocycles. The van der Waals surface area contributed by atoms with Crippen LogP contribution in [0.4, 0.5) is 17.1 Å². The quantitative estimate of drug-likeness (QED) is 0.0465. The zero-order chi connectivity index (χ0) is 78.3. The summed E-state index contributed by atoms with van der Waals surface area (Å²) < 4.78 is 37.3. The van der Waals surface area contributed by atoms with Crippen LogP contribution in [0.25, 0.3) is 43.3 Å². The van der Waals surface area contributed by atoms with Gasteiger partial charge in [0.25, 0.3) is 0 Å². The number of anilines is 1. The van der Waals surface area contributed by atoms with Crippen molar-refractivity contribution in [2.75, 3.05) is 115 Å². The Kier molecular flexibility index (Phi) is 42.3. The number of nitrogens with zero attached hydrogens (tertiary/aromatic N) is 5. The summed E-state index contributed by atoms with van der Waals surface area (Å²) in [4.78, 5) is 15.3. The van der Waals surface area contributed by atoms with Crippen molar-refractivity contribution < 1.29 is 153 Å². The van der Waals surface area contributed by atoms with Crippen molar-refractivity contribution in [2.24, 2.45) is 0 Å². The summed E-state index contributed by atoms with van der Waals surface area (Å²) in [6.07, 6.45) is 3.53. The number of rotatable bonds is 23. The van der Waals surface area contributed by atoms with Gasteiger partial charge in [0.1, 0.15) is 0 Å². The van der Waals surface area contributed by atoms with Crippen LogP contribution in [0.1, 0.15) is 199 Å². The smallest absolute Gasteiger partial charge is 0.872 e. The van der Waals surface area contributed by atoms with Crippen LogP contribution in [0.2, 0.25) is 0 Å². The van der Waals surface area contributed by atoms with Crippen LogP contribution in [0, 0.1) is 40.4 Å². The number of hydrogen-bond acceptors (Lipinski definition) is 15. The van der Waals surface area contributed by atoms with E-state index in [-0.39, 0.29) is 133 Å². The van der Waals surface area contributed by atoms with Crippen molar-refractivity contribution in [1.82, 2.24) is 15.0 Å². The molecular weight excluding hydrogens is 1510 g/mol. The van der Waals surface area contributed by atoms with Gasteiger partial charge >= 0.3 is 99.5 Å². The van der Waals surface area contributed by atoms with Gasteiger partial charge in [0.05, 0.1) is 75.1 Å². The van der Waals surface area contributed by atoms with E-state index >= 15 is 15.3 Å². The molecule has 0 bridgehead atoms. The first-order valence-electron chi connectivity index (χ1n) is 36.1. The summed E-state index contributed by atoms with van der Waals surface area (Å²) in [6, 6.07) is 39.1. The molecule has 3 heterocycles. The van der Waals surface area contributed by atoms with Gasteiger partial charge in [-0.3, -0.25) is 15.0 Å². The van der Waals surface area contributed by atoms with E-state index in [0.717, 1.165) is 38.4 Å². The Balaban J connectivity index is 0.00000127. The van der Waals surface area contributed by atoms with Crippen LogP contribution in [-0.2, 0) is 70.4 Å². The molecule has 3 unspecified atom stereocenters. The fourth-order valence-electron chi connectivity index (χ4n) is 11.5. The van der Waals surface area contributed by atoms with E-state index in [4.69, 9.17) is 25.6 Å². The molecule has 0 aliphatic carbocycles. The largest absolute Gasteiger partial charge is 3.00 e. The van der Waals surface area contributed by atoms with E-state index in [1.165, 1.54) is 0 Å². The Bertz CT molecular complexity index is 4120. The topological polar surface area (TPSA) is 222 Å². The van der Waals surface area contributed by atoms with Crippen LogP contribution >= 0.6 is 0 Å². The Morgan fingerprint density at radius 1 is 0.361 bits per heavy atom. The van der Waals surface area contributed by atoms with Gasteiger partial charge in [0.2, 0.25) is 0 Å². The van der Waals surface area contributed by atoms with Crippen molar-refractivity contribution in [3.8, 4) is 17.2 Å². The van der Waals surface area contributed by atoms with E-state index in [0.29, 0.717) is 120 Å². The SMILES string of the molecule is CC(C)(C)c1cc(C([N-]c2cccc3cccnc23)c2ccc3cccc([N-]C(c4cc(C(C)(C)C)cc(C(C)(C)C)c4[O-])C(Nc4cccc5cccnc45)c4cc(C(C)(C)C)cc(C(C)(C)C)c4[O-])c3n2)c([O-])c(C(C)(C)C)c1.COCCOC.COCCOC.COCCOC.COCCOC.[Na+].[Na+].[Sm+3]. The van der Waals surface area contributed by atoms with Crippen LogP contribution in [0.3, 0.4) is 0 Å². The summed E-state index contributed by atoms with van der Waals surface area (Å²) in [6.45, 7) is 43.6. The Hall–Kier alpha value is -4.63. The van der Waals surface area contributed by atoms with Crippen LogP contribution in [0.5, 0.6) is 17.2 Å². The molecule has 20 heteroatoms. The van der Waals surface area contributed by atoms with Crippen molar-refractivity contribution in [3.05, 3.63) is 206 Å². The summed E-state index contributed by atoms with van der Waals surface area (Å²) in [5.41, 5.74) is 8.16. The second kappa shape index (κ2) is 45.9. The number of methoxy groups -OCH3 is 8. The summed E-state index contributed by atoms with van der Waals surface area (Å²) in [7, 11) is 13.2. The molecule has 3 aromatic heterocycles. The van der Waals surface area contributed by atoms with E-state index in [1.807, 2.05) is 109 Å². The fraction of sp³-hybridized carbons (Fsp3) is 0.489. The minimum absolute atomic E-state index is 0. The van der Waals surface area contributed by atoms with Crippen molar-refractivity contribution >= 4 is 49.8 Å². The number of para-hydroxylation sites is 3. The fourth-order valence-corrected chi connectivity index (χ4v) is 11.5. The van der Waals surface area contributed by atoms with Gasteiger partial charge in [-0.15, -0.1) is 22.9 Å². The second-order valence-electron chi connectivity index (χ2n) is 32.3. The van der Waals surface area contributed by atoms with Crippen molar-refractivity contribution in [1.29, 1.82) is 0 Å². The molecule has 0 aliphatic rings. The van der Waals surface area contributed by atoms with Crippen molar-refractivity contribution in [3.63, 3.8) is 0 Å².